The van der Waals surface area contributed by atoms with Crippen LogP contribution < -0.4 is 10.2 Å². The van der Waals surface area contributed by atoms with Gasteiger partial charge in [-0.2, -0.15) is 0 Å². The molecule has 2 aromatic carbocycles. The van der Waals surface area contributed by atoms with Crippen LogP contribution in [0.15, 0.2) is 35.3 Å². The summed E-state index contributed by atoms with van der Waals surface area (Å²) in [5, 5.41) is -0.583. The molecule has 1 aromatic heterocycles. The highest BCUT2D eigenvalue weighted by molar-refractivity contribution is 5.94. The number of fused-ring (bicyclic) bond motifs is 3. The van der Waals surface area contributed by atoms with Crippen molar-refractivity contribution in [1.29, 1.82) is 0 Å². The predicted octanol–water partition coefficient (Wildman–Crippen LogP) is 6.32. The third-order valence-corrected chi connectivity index (χ3v) is 8.80. The second-order valence-electron chi connectivity index (χ2n) is 10.7. The fraction of sp³-hybridized carbons (Fsp3) is 0.429. The number of nitrogens with zero attached hydrogens (tertiary/aromatic N) is 1. The Balaban J connectivity index is 1.61. The summed E-state index contributed by atoms with van der Waals surface area (Å²) in [7, 11) is 0. The molecule has 2 aliphatic rings. The molecule has 2 fully saturated rings. The molecular formula is C28H27F4NO4. The molecule has 0 spiro atoms. The van der Waals surface area contributed by atoms with Crippen molar-refractivity contribution in [2.24, 2.45) is 16.7 Å². The maximum Gasteiger partial charge on any atom is 0.343 e. The van der Waals surface area contributed by atoms with Gasteiger partial charge in [0.2, 0.25) is 5.43 Å². The molecule has 2 saturated carbocycles. The lowest BCUT2D eigenvalue weighted by Crippen LogP contribution is -2.39. The van der Waals surface area contributed by atoms with Crippen molar-refractivity contribution in [2.45, 2.75) is 53.1 Å². The van der Waals surface area contributed by atoms with E-state index in [-0.39, 0.29) is 35.0 Å². The van der Waals surface area contributed by atoms with Crippen molar-refractivity contribution in [3.8, 4) is 11.4 Å². The van der Waals surface area contributed by atoms with Crippen molar-refractivity contribution in [3.63, 3.8) is 0 Å². The highest BCUT2D eigenvalue weighted by Crippen LogP contribution is 2.66. The van der Waals surface area contributed by atoms with Crippen molar-refractivity contribution >= 4 is 16.9 Å². The molecule has 196 valence electrons. The van der Waals surface area contributed by atoms with Crippen LogP contribution in [0.1, 0.15) is 57.3 Å². The Morgan fingerprint density at radius 2 is 1.81 bits per heavy atom. The van der Waals surface area contributed by atoms with Crippen molar-refractivity contribution in [1.82, 2.24) is 4.57 Å². The number of benzene rings is 2. The molecule has 1 heterocycles. The molecule has 0 unspecified atom stereocenters. The molecular weight excluding hydrogens is 490 g/mol. The smallest absolute Gasteiger partial charge is 0.343 e. The minimum absolute atomic E-state index is 0.00647. The maximum absolute atomic E-state index is 15.3. The minimum atomic E-state index is -1.79. The molecule has 0 amide bonds. The Labute approximate surface area is 211 Å². The molecule has 37 heavy (non-hydrogen) atoms. The van der Waals surface area contributed by atoms with Crippen LogP contribution >= 0.6 is 0 Å². The number of carbonyl (C=O) groups excluding carboxylic acids is 1. The Morgan fingerprint density at radius 3 is 2.41 bits per heavy atom. The second-order valence-corrected chi connectivity index (χ2v) is 10.7. The van der Waals surface area contributed by atoms with Crippen LogP contribution in [-0.2, 0) is 4.74 Å². The van der Waals surface area contributed by atoms with Gasteiger partial charge in [0.15, 0.2) is 29.0 Å². The summed E-state index contributed by atoms with van der Waals surface area (Å²) < 4.78 is 70.4. The fourth-order valence-electron chi connectivity index (χ4n) is 6.15. The van der Waals surface area contributed by atoms with Gasteiger partial charge in [0.1, 0.15) is 11.7 Å². The molecule has 5 rings (SSSR count). The number of rotatable bonds is 5. The highest BCUT2D eigenvalue weighted by Gasteiger charge is 2.62. The van der Waals surface area contributed by atoms with E-state index < -0.39 is 51.1 Å². The van der Waals surface area contributed by atoms with E-state index in [1.54, 1.807) is 0 Å². The first-order chi connectivity index (χ1) is 17.4. The van der Waals surface area contributed by atoms with Crippen LogP contribution in [0.25, 0.3) is 16.6 Å². The van der Waals surface area contributed by atoms with E-state index in [0.717, 1.165) is 36.1 Å². The zero-order valence-corrected chi connectivity index (χ0v) is 21.0. The highest BCUT2D eigenvalue weighted by atomic mass is 19.2. The summed E-state index contributed by atoms with van der Waals surface area (Å²) in [6.07, 6.45) is 3.66. The van der Waals surface area contributed by atoms with Gasteiger partial charge in [-0.15, -0.1) is 0 Å². The number of pyridine rings is 1. The molecule has 0 N–H and O–H groups in total. The standard InChI is InChI=1S/C28H27F4NO4/c1-5-36-26(35)17-13-33(24-16(25(17)34)12-19(30)22(31)23(24)32)15-6-7-20(18(29)11-15)37-21-10-14-8-9-28(21,4)27(14,2)3/h6-7,11-14,21H,5,8-10H2,1-4H3/t14-,21-,28+/m1/s1. The number of hydrogen-bond acceptors (Lipinski definition) is 4. The molecule has 3 aromatic rings. The van der Waals surface area contributed by atoms with E-state index in [2.05, 4.69) is 20.8 Å². The van der Waals surface area contributed by atoms with Gasteiger partial charge in [-0.25, -0.2) is 22.4 Å². The summed E-state index contributed by atoms with van der Waals surface area (Å²) >= 11 is 0. The number of hydrogen-bond donors (Lipinski definition) is 0. The van der Waals surface area contributed by atoms with E-state index in [0.29, 0.717) is 12.0 Å². The molecule has 0 saturated heterocycles. The van der Waals surface area contributed by atoms with Gasteiger partial charge in [-0.3, -0.25) is 4.79 Å². The summed E-state index contributed by atoms with van der Waals surface area (Å²) in [5.41, 5.74) is -2.27. The predicted molar refractivity (Wildman–Crippen MR) is 129 cm³/mol. The average molecular weight is 518 g/mol. The summed E-state index contributed by atoms with van der Waals surface area (Å²) in [4.78, 5) is 25.2. The zero-order valence-electron chi connectivity index (χ0n) is 21.0. The topological polar surface area (TPSA) is 57.5 Å². The molecule has 0 radical (unpaired) electrons. The van der Waals surface area contributed by atoms with E-state index in [1.807, 2.05) is 0 Å². The van der Waals surface area contributed by atoms with Gasteiger partial charge < -0.3 is 14.0 Å². The number of carbonyl (C=O) groups is 1. The zero-order chi connectivity index (χ0) is 26.9. The molecule has 2 bridgehead atoms. The molecule has 9 heteroatoms. The normalized spacial score (nSPS) is 24.0. The monoisotopic (exact) mass is 517 g/mol. The van der Waals surface area contributed by atoms with E-state index >= 15 is 4.39 Å². The fourth-order valence-corrected chi connectivity index (χ4v) is 6.15. The average Bonchev–Trinajstić information content (AvgIpc) is 3.18. The number of aromatic nitrogens is 1. The summed E-state index contributed by atoms with van der Waals surface area (Å²) in [6.45, 7) is 8.06. The Hall–Kier alpha value is -3.36. The van der Waals surface area contributed by atoms with Gasteiger partial charge in [0.05, 0.1) is 17.5 Å². The lowest BCUT2D eigenvalue weighted by Gasteiger charge is -2.38. The Kier molecular flexibility index (Phi) is 5.88. The van der Waals surface area contributed by atoms with E-state index in [4.69, 9.17) is 9.47 Å². The summed E-state index contributed by atoms with van der Waals surface area (Å²) in [6, 6.07) is 4.33. The van der Waals surface area contributed by atoms with Gasteiger partial charge in [0.25, 0.3) is 0 Å². The lowest BCUT2D eigenvalue weighted by molar-refractivity contribution is 0.0278. The van der Waals surface area contributed by atoms with Crippen molar-refractivity contribution in [3.05, 3.63) is 69.5 Å². The molecule has 5 nitrogen and oxygen atoms in total. The van der Waals surface area contributed by atoms with Crippen LogP contribution in [0.3, 0.4) is 0 Å². The largest absolute Gasteiger partial charge is 0.487 e. The van der Waals surface area contributed by atoms with Crippen LogP contribution in [0, 0.1) is 40.0 Å². The molecule has 2 aliphatic carbocycles. The van der Waals surface area contributed by atoms with Gasteiger partial charge in [0, 0.05) is 23.4 Å². The number of halogens is 4. The quantitative estimate of drug-likeness (QED) is 0.226. The van der Waals surface area contributed by atoms with E-state index in [9.17, 15) is 22.8 Å². The molecule has 3 atom stereocenters. The third kappa shape index (κ3) is 3.65. The van der Waals surface area contributed by atoms with Gasteiger partial charge >= 0.3 is 5.97 Å². The first-order valence-corrected chi connectivity index (χ1v) is 12.3. The Bertz CT molecular complexity index is 1500. The number of esters is 1. The first-order valence-electron chi connectivity index (χ1n) is 12.3. The first kappa shape index (κ1) is 25.3. The minimum Gasteiger partial charge on any atom is -0.487 e. The van der Waals surface area contributed by atoms with Gasteiger partial charge in [-0.1, -0.05) is 20.8 Å². The van der Waals surface area contributed by atoms with Crippen LogP contribution in [0.4, 0.5) is 17.6 Å². The lowest BCUT2D eigenvalue weighted by atomic mass is 9.70. The Morgan fingerprint density at radius 1 is 1.08 bits per heavy atom. The van der Waals surface area contributed by atoms with Crippen LogP contribution in [0.5, 0.6) is 5.75 Å². The SMILES string of the molecule is CCOC(=O)c1cn(-c2ccc(O[C@@H]3C[C@H]4CC[C@]3(C)C4(C)C)c(F)c2)c2c(F)c(F)c(F)cc2c1=O. The summed E-state index contributed by atoms with van der Waals surface area (Å²) in [5.74, 6) is -6.32. The second kappa shape index (κ2) is 8.60. The van der Waals surface area contributed by atoms with Crippen molar-refractivity contribution in [2.75, 3.05) is 6.61 Å². The van der Waals surface area contributed by atoms with Crippen LogP contribution in [0.2, 0.25) is 0 Å². The third-order valence-electron chi connectivity index (χ3n) is 8.80. The van der Waals surface area contributed by atoms with Crippen LogP contribution in [-0.4, -0.2) is 23.2 Å². The van der Waals surface area contributed by atoms with Crippen molar-refractivity contribution < 1.29 is 31.8 Å². The maximum atomic E-state index is 15.3. The molecule has 0 aliphatic heterocycles. The number of ether oxygens (including phenoxy) is 2. The van der Waals surface area contributed by atoms with E-state index in [1.165, 1.54) is 19.1 Å². The van der Waals surface area contributed by atoms with Gasteiger partial charge in [-0.05, 0) is 55.7 Å².